The molecule has 0 aromatic rings. The summed E-state index contributed by atoms with van der Waals surface area (Å²) in [4.78, 5) is 0. The summed E-state index contributed by atoms with van der Waals surface area (Å²) in [6, 6.07) is 2.17. The number of ether oxygens (including phenoxy) is 2. The number of hydrogen-bond donors (Lipinski definition) is 2. The molecule has 0 saturated heterocycles. The molecule has 124 valence electrons. The van der Waals surface area contributed by atoms with Crippen LogP contribution in [0.3, 0.4) is 0 Å². The molecular weight excluding hydrogens is 288 g/mol. The van der Waals surface area contributed by atoms with E-state index in [1.807, 2.05) is 20.8 Å². The average Bonchev–Trinajstić information content (AvgIpc) is 2.37. The Kier molecular flexibility index (Phi) is 17.6. The predicted molar refractivity (Wildman–Crippen MR) is 92.4 cm³/mol. The summed E-state index contributed by atoms with van der Waals surface area (Å²) in [5, 5.41) is 0. The maximum absolute atomic E-state index is 5.53. The van der Waals surface area contributed by atoms with Gasteiger partial charge in [-0.05, 0) is 59.0 Å². The van der Waals surface area contributed by atoms with Crippen LogP contribution in [0.5, 0.6) is 0 Å². The molecule has 0 atom stereocenters. The van der Waals surface area contributed by atoms with Crippen molar-refractivity contribution in [3.63, 3.8) is 0 Å². The minimum atomic E-state index is -1.33. The quantitative estimate of drug-likeness (QED) is 0.439. The summed E-state index contributed by atoms with van der Waals surface area (Å²) in [6.07, 6.45) is 0. The minimum Gasteiger partial charge on any atom is -0.418 e. The van der Waals surface area contributed by atoms with E-state index in [-0.39, 0.29) is 15.4 Å². The first-order valence-electron chi connectivity index (χ1n) is 7.74. The maximum atomic E-state index is 5.53. The monoisotopic (exact) mass is 324 g/mol. The molecule has 0 heterocycles. The lowest BCUT2D eigenvalue weighted by Gasteiger charge is -2.20. The first-order valence-corrected chi connectivity index (χ1v) is 12.7. The van der Waals surface area contributed by atoms with Crippen LogP contribution in [-0.2, 0) is 13.9 Å². The van der Waals surface area contributed by atoms with Gasteiger partial charge in [-0.1, -0.05) is 0 Å². The van der Waals surface area contributed by atoms with Crippen LogP contribution in [0.2, 0.25) is 25.2 Å². The van der Waals surface area contributed by atoms with Crippen molar-refractivity contribution in [2.24, 2.45) is 11.5 Å². The standard InChI is InChI=1S/C7H19NO2Si.C6H17NOSi/c1-3-9-7(10-4-2)11-6-5-8;1-4-8-9(2,3)6-5-7/h7H,3-6,8,11H2,1-2H3;4-7H2,1-3H3. The molecule has 20 heavy (non-hydrogen) atoms. The van der Waals surface area contributed by atoms with E-state index in [1.165, 1.54) is 0 Å². The highest BCUT2D eigenvalue weighted by Gasteiger charge is 2.19. The van der Waals surface area contributed by atoms with Crippen LogP contribution in [0, 0.1) is 0 Å². The lowest BCUT2D eigenvalue weighted by Crippen LogP contribution is -2.32. The minimum absolute atomic E-state index is 0.0912. The van der Waals surface area contributed by atoms with Crippen LogP contribution in [0.1, 0.15) is 20.8 Å². The number of rotatable bonds is 11. The largest absolute Gasteiger partial charge is 0.418 e. The molecule has 0 aliphatic rings. The summed E-state index contributed by atoms with van der Waals surface area (Å²) < 4.78 is 16.3. The van der Waals surface area contributed by atoms with Gasteiger partial charge in [-0.3, -0.25) is 0 Å². The van der Waals surface area contributed by atoms with Crippen LogP contribution < -0.4 is 11.5 Å². The fraction of sp³-hybridized carbons (Fsp3) is 1.00. The third-order valence-corrected chi connectivity index (χ3v) is 6.95. The Bertz CT molecular complexity index is 184. The molecule has 0 aliphatic carbocycles. The van der Waals surface area contributed by atoms with E-state index in [9.17, 15) is 0 Å². The average molecular weight is 325 g/mol. The lowest BCUT2D eigenvalue weighted by molar-refractivity contribution is -0.0827. The fourth-order valence-electron chi connectivity index (χ4n) is 1.68. The van der Waals surface area contributed by atoms with Crippen molar-refractivity contribution < 1.29 is 13.9 Å². The molecule has 0 rings (SSSR count). The van der Waals surface area contributed by atoms with Gasteiger partial charge in [-0.2, -0.15) is 0 Å². The van der Waals surface area contributed by atoms with Crippen molar-refractivity contribution in [1.29, 1.82) is 0 Å². The molecule has 4 N–H and O–H groups in total. The Balaban J connectivity index is 0. The Morgan fingerprint density at radius 3 is 1.85 bits per heavy atom. The molecule has 0 aromatic heterocycles. The first-order chi connectivity index (χ1) is 9.47. The molecule has 0 bridgehead atoms. The highest BCUT2D eigenvalue weighted by atomic mass is 28.4. The van der Waals surface area contributed by atoms with Gasteiger partial charge in [0.1, 0.15) is 5.91 Å². The third-order valence-electron chi connectivity index (χ3n) is 2.63. The molecule has 0 saturated carbocycles. The molecule has 7 heteroatoms. The molecular formula is C13H36N2O3Si2. The molecule has 0 amide bonds. The van der Waals surface area contributed by atoms with Gasteiger partial charge in [0, 0.05) is 19.8 Å². The van der Waals surface area contributed by atoms with Gasteiger partial charge in [0.2, 0.25) is 0 Å². The summed E-state index contributed by atoms with van der Waals surface area (Å²) in [6.45, 7) is 14.2. The molecule has 0 spiro atoms. The van der Waals surface area contributed by atoms with Crippen molar-refractivity contribution >= 4 is 17.8 Å². The van der Waals surface area contributed by atoms with Crippen LogP contribution in [-0.4, -0.2) is 56.7 Å². The van der Waals surface area contributed by atoms with E-state index in [4.69, 9.17) is 25.4 Å². The summed E-state index contributed by atoms with van der Waals surface area (Å²) in [7, 11) is -1.59. The van der Waals surface area contributed by atoms with Crippen LogP contribution >= 0.6 is 0 Å². The Hall–Kier alpha value is 0.234. The Morgan fingerprint density at radius 2 is 1.50 bits per heavy atom. The van der Waals surface area contributed by atoms with E-state index in [2.05, 4.69) is 13.1 Å². The van der Waals surface area contributed by atoms with Gasteiger partial charge >= 0.3 is 0 Å². The third kappa shape index (κ3) is 16.3. The SMILES string of the molecule is CCOC(OCC)[SiH2]CCN.CCO[Si](C)(C)CCN. The molecule has 0 aliphatic heterocycles. The molecule has 0 aromatic carbocycles. The summed E-state index contributed by atoms with van der Waals surface area (Å²) in [5.74, 6) is 0.0912. The zero-order valence-corrected chi connectivity index (χ0v) is 16.5. The molecule has 0 fully saturated rings. The highest BCUT2D eigenvalue weighted by molar-refractivity contribution is 6.71. The zero-order chi connectivity index (χ0) is 15.9. The van der Waals surface area contributed by atoms with Gasteiger partial charge in [0.25, 0.3) is 0 Å². The van der Waals surface area contributed by atoms with E-state index in [0.29, 0.717) is 0 Å². The zero-order valence-electron chi connectivity index (χ0n) is 14.1. The number of nitrogens with two attached hydrogens (primary N) is 2. The van der Waals surface area contributed by atoms with E-state index < -0.39 is 8.32 Å². The summed E-state index contributed by atoms with van der Waals surface area (Å²) in [5.41, 5.74) is 10.8. The van der Waals surface area contributed by atoms with E-state index >= 15 is 0 Å². The van der Waals surface area contributed by atoms with Crippen molar-refractivity contribution in [1.82, 2.24) is 0 Å². The van der Waals surface area contributed by atoms with Crippen molar-refractivity contribution in [3.05, 3.63) is 0 Å². The second kappa shape index (κ2) is 15.6. The predicted octanol–water partition coefficient (Wildman–Crippen LogP) is 1.08. The second-order valence-corrected chi connectivity index (χ2v) is 11.3. The van der Waals surface area contributed by atoms with E-state index in [1.54, 1.807) is 0 Å². The second-order valence-electron chi connectivity index (χ2n) is 5.00. The van der Waals surface area contributed by atoms with Crippen LogP contribution in [0.15, 0.2) is 0 Å². The highest BCUT2D eigenvalue weighted by Crippen LogP contribution is 2.08. The summed E-state index contributed by atoms with van der Waals surface area (Å²) >= 11 is 0. The normalized spacial score (nSPS) is 12.0. The van der Waals surface area contributed by atoms with Gasteiger partial charge < -0.3 is 25.4 Å². The fourth-order valence-corrected chi connectivity index (χ4v) is 4.68. The first kappa shape index (κ1) is 22.5. The van der Waals surface area contributed by atoms with Gasteiger partial charge in [0.05, 0.1) is 9.52 Å². The molecule has 0 radical (unpaired) electrons. The van der Waals surface area contributed by atoms with Crippen LogP contribution in [0.4, 0.5) is 0 Å². The Morgan fingerprint density at radius 1 is 0.950 bits per heavy atom. The number of hydrogen-bond acceptors (Lipinski definition) is 5. The van der Waals surface area contributed by atoms with Gasteiger partial charge in [0.15, 0.2) is 8.32 Å². The van der Waals surface area contributed by atoms with Gasteiger partial charge in [-0.25, -0.2) is 0 Å². The molecule has 0 unspecified atom stereocenters. The van der Waals surface area contributed by atoms with Crippen LogP contribution in [0.25, 0.3) is 0 Å². The Labute approximate surface area is 128 Å². The van der Waals surface area contributed by atoms with Gasteiger partial charge in [-0.15, -0.1) is 0 Å². The van der Waals surface area contributed by atoms with E-state index in [0.717, 1.165) is 45.0 Å². The van der Waals surface area contributed by atoms with Crippen molar-refractivity contribution in [3.8, 4) is 0 Å². The van der Waals surface area contributed by atoms with Crippen molar-refractivity contribution in [2.45, 2.75) is 51.9 Å². The topological polar surface area (TPSA) is 79.7 Å². The maximum Gasteiger partial charge on any atom is 0.187 e. The van der Waals surface area contributed by atoms with Crippen molar-refractivity contribution in [2.75, 3.05) is 32.9 Å². The smallest absolute Gasteiger partial charge is 0.187 e. The molecule has 5 nitrogen and oxygen atoms in total. The lowest BCUT2D eigenvalue weighted by atomic mass is 10.8.